The zero-order chi connectivity index (χ0) is 16.1. The Morgan fingerprint density at radius 3 is 2.77 bits per heavy atom. The van der Waals surface area contributed by atoms with Crippen LogP contribution in [0.25, 0.3) is 0 Å². The van der Waals surface area contributed by atoms with E-state index in [-0.39, 0.29) is 15.8 Å². The van der Waals surface area contributed by atoms with Crippen molar-refractivity contribution in [3.63, 3.8) is 0 Å². The second-order valence-corrected chi connectivity index (χ2v) is 8.53. The number of pyridine rings is 1. The molecule has 2 saturated carbocycles. The fourth-order valence-corrected chi connectivity index (χ4v) is 4.49. The summed E-state index contributed by atoms with van der Waals surface area (Å²) in [6, 6.07) is 1.24. The molecule has 2 aliphatic carbocycles. The second kappa shape index (κ2) is 5.33. The smallest absolute Gasteiger partial charge is 0.239 e. The van der Waals surface area contributed by atoms with Gasteiger partial charge in [-0.05, 0) is 50.0 Å². The number of nitrogens with zero attached hydrogens (tertiary/aromatic N) is 1. The summed E-state index contributed by atoms with van der Waals surface area (Å²) in [6.45, 7) is 2.37. The predicted molar refractivity (Wildman–Crippen MR) is 81.1 cm³/mol. The Morgan fingerprint density at radius 2 is 2.27 bits per heavy atom. The quantitative estimate of drug-likeness (QED) is 0.861. The molecule has 1 unspecified atom stereocenters. The summed E-state index contributed by atoms with van der Waals surface area (Å²) in [5, 5.41) is 15.3. The summed E-state index contributed by atoms with van der Waals surface area (Å²) in [5.74, 6) is 1.38. The SMILES string of the molecule is CC1(O)C[C@@H]2C[C@@H]1C[C@H]2COc1ncc(S(N)(=O)=O)cc1Cl. The van der Waals surface area contributed by atoms with Crippen molar-refractivity contribution in [3.8, 4) is 5.88 Å². The van der Waals surface area contributed by atoms with Crippen molar-refractivity contribution in [1.82, 2.24) is 4.98 Å². The Bertz CT molecular complexity index is 692. The molecule has 0 radical (unpaired) electrons. The van der Waals surface area contributed by atoms with Crippen molar-refractivity contribution in [2.24, 2.45) is 22.9 Å². The van der Waals surface area contributed by atoms with Gasteiger partial charge in [-0.1, -0.05) is 11.6 Å². The first kappa shape index (κ1) is 16.0. The first-order valence-corrected chi connectivity index (χ1v) is 9.13. The largest absolute Gasteiger partial charge is 0.476 e. The molecule has 1 heterocycles. The molecule has 0 amide bonds. The molecule has 0 spiro atoms. The highest BCUT2D eigenvalue weighted by molar-refractivity contribution is 7.89. The van der Waals surface area contributed by atoms with Crippen LogP contribution in [0.15, 0.2) is 17.2 Å². The van der Waals surface area contributed by atoms with Gasteiger partial charge in [0.2, 0.25) is 15.9 Å². The Labute approximate surface area is 134 Å². The Balaban J connectivity index is 1.64. The van der Waals surface area contributed by atoms with Crippen LogP contribution >= 0.6 is 11.6 Å². The number of aliphatic hydroxyl groups is 1. The maximum absolute atomic E-state index is 11.2. The number of halogens is 1. The molecule has 3 rings (SSSR count). The Kier molecular flexibility index (Phi) is 3.87. The van der Waals surface area contributed by atoms with E-state index in [9.17, 15) is 13.5 Å². The lowest BCUT2D eigenvalue weighted by Gasteiger charge is -2.32. The Morgan fingerprint density at radius 1 is 1.55 bits per heavy atom. The molecule has 0 aromatic carbocycles. The molecule has 0 aliphatic heterocycles. The molecule has 22 heavy (non-hydrogen) atoms. The van der Waals surface area contributed by atoms with Crippen LogP contribution in [-0.4, -0.2) is 30.7 Å². The minimum atomic E-state index is -3.82. The average Bonchev–Trinajstić information content (AvgIpc) is 2.91. The fraction of sp³-hybridized carbons (Fsp3) is 0.643. The van der Waals surface area contributed by atoms with Gasteiger partial charge < -0.3 is 9.84 Å². The van der Waals surface area contributed by atoms with E-state index in [1.807, 2.05) is 6.92 Å². The van der Waals surface area contributed by atoms with E-state index < -0.39 is 15.6 Å². The average molecular weight is 347 g/mol. The van der Waals surface area contributed by atoms with Crippen LogP contribution in [-0.2, 0) is 10.0 Å². The highest BCUT2D eigenvalue weighted by Gasteiger charge is 2.51. The zero-order valence-electron chi connectivity index (χ0n) is 12.2. The lowest BCUT2D eigenvalue weighted by molar-refractivity contribution is -0.0121. The standard InChI is InChI=1S/C14H19ClN2O4S/c1-14(18)5-8-2-10(14)3-9(8)7-21-13-12(15)4-11(6-17-13)22(16,19)20/h4,6,8-10,18H,2-3,5,7H2,1H3,(H2,16,19,20)/t8-,9-,10+,14?/m0/s1. The van der Waals surface area contributed by atoms with Crippen molar-refractivity contribution in [1.29, 1.82) is 0 Å². The molecule has 1 aromatic rings. The second-order valence-electron chi connectivity index (χ2n) is 6.56. The third kappa shape index (κ3) is 2.95. The molecule has 4 atom stereocenters. The lowest BCUT2D eigenvalue weighted by Crippen LogP contribution is -2.35. The number of sulfonamides is 1. The molecular formula is C14H19ClN2O4S. The topological polar surface area (TPSA) is 103 Å². The van der Waals surface area contributed by atoms with Gasteiger partial charge in [0.1, 0.15) is 9.92 Å². The van der Waals surface area contributed by atoms with Gasteiger partial charge in [0.15, 0.2) is 0 Å². The first-order chi connectivity index (χ1) is 10.2. The monoisotopic (exact) mass is 346 g/mol. The first-order valence-electron chi connectivity index (χ1n) is 7.20. The van der Waals surface area contributed by atoms with Crippen molar-refractivity contribution < 1.29 is 18.3 Å². The van der Waals surface area contributed by atoms with Crippen LogP contribution in [0.2, 0.25) is 5.02 Å². The summed E-state index contributed by atoms with van der Waals surface area (Å²) in [6.07, 6.45) is 3.91. The minimum Gasteiger partial charge on any atom is -0.476 e. The number of rotatable bonds is 4. The van der Waals surface area contributed by atoms with Crippen molar-refractivity contribution in [3.05, 3.63) is 17.3 Å². The summed E-state index contributed by atoms with van der Waals surface area (Å²) in [7, 11) is -3.82. The summed E-state index contributed by atoms with van der Waals surface area (Å²) >= 11 is 6.00. The van der Waals surface area contributed by atoms with Gasteiger partial charge in [0, 0.05) is 0 Å². The van der Waals surface area contributed by atoms with Gasteiger partial charge in [-0.25, -0.2) is 18.5 Å². The van der Waals surface area contributed by atoms with Crippen LogP contribution < -0.4 is 9.88 Å². The van der Waals surface area contributed by atoms with Crippen molar-refractivity contribution >= 4 is 21.6 Å². The minimum absolute atomic E-state index is 0.127. The van der Waals surface area contributed by atoms with E-state index in [0.717, 1.165) is 25.5 Å². The van der Waals surface area contributed by atoms with Crippen LogP contribution in [0, 0.1) is 17.8 Å². The van der Waals surface area contributed by atoms with E-state index in [1.165, 1.54) is 6.07 Å². The third-order valence-corrected chi connectivity index (χ3v) is 6.09. The molecule has 2 bridgehead atoms. The van der Waals surface area contributed by atoms with E-state index in [2.05, 4.69) is 4.98 Å². The summed E-state index contributed by atoms with van der Waals surface area (Å²) < 4.78 is 28.1. The van der Waals surface area contributed by atoms with Crippen molar-refractivity contribution in [2.75, 3.05) is 6.61 Å². The molecular weight excluding hydrogens is 328 g/mol. The molecule has 0 saturated heterocycles. The predicted octanol–water partition coefficient (Wildman–Crippen LogP) is 1.56. The molecule has 122 valence electrons. The van der Waals surface area contributed by atoms with Crippen LogP contribution in [0.3, 0.4) is 0 Å². The van der Waals surface area contributed by atoms with Gasteiger partial charge >= 0.3 is 0 Å². The van der Waals surface area contributed by atoms with Gasteiger partial charge in [-0.2, -0.15) is 0 Å². The number of nitrogens with two attached hydrogens (primary N) is 1. The van der Waals surface area contributed by atoms with Crippen LogP contribution in [0.4, 0.5) is 0 Å². The normalized spacial score (nSPS) is 34.1. The molecule has 6 nitrogen and oxygen atoms in total. The van der Waals surface area contributed by atoms with Crippen LogP contribution in [0.5, 0.6) is 5.88 Å². The van der Waals surface area contributed by atoms with Gasteiger partial charge in [0.05, 0.1) is 18.4 Å². The molecule has 8 heteroatoms. The molecule has 2 fully saturated rings. The number of ether oxygens (including phenoxy) is 1. The maximum atomic E-state index is 11.2. The lowest BCUT2D eigenvalue weighted by atomic mass is 9.80. The van der Waals surface area contributed by atoms with Gasteiger partial charge in [-0.15, -0.1) is 0 Å². The highest BCUT2D eigenvalue weighted by Crippen LogP contribution is 2.53. The zero-order valence-corrected chi connectivity index (χ0v) is 13.8. The number of primary sulfonamides is 1. The highest BCUT2D eigenvalue weighted by atomic mass is 35.5. The van der Waals surface area contributed by atoms with E-state index in [0.29, 0.717) is 24.4 Å². The molecule has 2 aliphatic rings. The maximum Gasteiger partial charge on any atom is 0.239 e. The number of fused-ring (bicyclic) bond motifs is 2. The van der Waals surface area contributed by atoms with Gasteiger partial charge in [0.25, 0.3) is 0 Å². The molecule has 1 aromatic heterocycles. The fourth-order valence-electron chi connectivity index (χ4n) is 3.73. The summed E-state index contributed by atoms with van der Waals surface area (Å²) in [5.41, 5.74) is -0.547. The van der Waals surface area contributed by atoms with Gasteiger partial charge in [-0.3, -0.25) is 0 Å². The van der Waals surface area contributed by atoms with Crippen LogP contribution in [0.1, 0.15) is 26.2 Å². The number of hydrogen-bond donors (Lipinski definition) is 2. The Hall–Kier alpha value is -0.890. The van der Waals surface area contributed by atoms with Crippen molar-refractivity contribution in [2.45, 2.75) is 36.7 Å². The summed E-state index contributed by atoms with van der Waals surface area (Å²) in [4.78, 5) is 3.80. The van der Waals surface area contributed by atoms with E-state index in [4.69, 9.17) is 21.5 Å². The number of hydrogen-bond acceptors (Lipinski definition) is 5. The third-order valence-electron chi connectivity index (χ3n) is 4.94. The number of aromatic nitrogens is 1. The van der Waals surface area contributed by atoms with E-state index >= 15 is 0 Å². The molecule has 3 N–H and O–H groups in total. The van der Waals surface area contributed by atoms with E-state index in [1.54, 1.807) is 0 Å².